The quantitative estimate of drug-likeness (QED) is 0.775. The summed E-state index contributed by atoms with van der Waals surface area (Å²) in [7, 11) is 0. The molecule has 1 amide bonds. The van der Waals surface area contributed by atoms with Gasteiger partial charge in [-0.25, -0.2) is 8.78 Å². The molecule has 0 saturated carbocycles. The summed E-state index contributed by atoms with van der Waals surface area (Å²) in [5.74, 6) is -0.620. The monoisotopic (exact) mass is 384 g/mol. The van der Waals surface area contributed by atoms with Crippen LogP contribution in [0.25, 0.3) is 0 Å². The molecular weight excluding hydrogens is 358 g/mol. The third-order valence-electron chi connectivity index (χ3n) is 6.26. The lowest BCUT2D eigenvalue weighted by atomic mass is 9.87. The smallest absolute Gasteiger partial charge is 0.227 e. The lowest BCUT2D eigenvalue weighted by molar-refractivity contribution is -0.134. The second-order valence-electron chi connectivity index (χ2n) is 8.70. The molecule has 1 atom stereocenters. The summed E-state index contributed by atoms with van der Waals surface area (Å²) in [6.07, 6.45) is 2.76. The number of hydrogen-bond donors (Lipinski definition) is 0. The number of benzene rings is 2. The van der Waals surface area contributed by atoms with Gasteiger partial charge in [-0.05, 0) is 62.9 Å². The van der Waals surface area contributed by atoms with Crippen molar-refractivity contribution in [2.45, 2.75) is 50.6 Å². The highest BCUT2D eigenvalue weighted by Crippen LogP contribution is 2.47. The van der Waals surface area contributed by atoms with Gasteiger partial charge >= 0.3 is 0 Å². The summed E-state index contributed by atoms with van der Waals surface area (Å²) in [5, 5.41) is 0. The molecule has 5 heteroatoms. The number of carbonyl (C=O) groups excluding carboxylic acids is 1. The molecule has 0 aromatic heterocycles. The minimum atomic E-state index is -0.336. The molecule has 2 aromatic carbocycles. The fourth-order valence-electron chi connectivity index (χ4n) is 5.13. The van der Waals surface area contributed by atoms with E-state index in [2.05, 4.69) is 18.7 Å². The molecule has 0 N–H and O–H groups in total. The van der Waals surface area contributed by atoms with Gasteiger partial charge in [0, 0.05) is 24.3 Å². The lowest BCUT2D eigenvalue weighted by Crippen LogP contribution is -2.49. The van der Waals surface area contributed by atoms with Gasteiger partial charge < -0.3 is 9.80 Å². The summed E-state index contributed by atoms with van der Waals surface area (Å²) in [6.45, 7) is 5.65. The van der Waals surface area contributed by atoms with Gasteiger partial charge in [0.25, 0.3) is 0 Å². The Labute approximate surface area is 165 Å². The standard InChI is InChI=1S/C23H26F2N2O/c1-22(2)15-23(16-27(22)19-9-5-8-18(24)14-19)11-6-12-26(23)21(28)13-17-7-3-4-10-20(17)25/h3-5,7-10,14H,6,11-13,15-16H2,1-2H3. The average Bonchev–Trinajstić information content (AvgIpc) is 3.16. The molecule has 2 aliphatic rings. The van der Waals surface area contributed by atoms with Crippen LogP contribution >= 0.6 is 0 Å². The summed E-state index contributed by atoms with van der Waals surface area (Å²) < 4.78 is 27.8. The Balaban J connectivity index is 1.60. The molecule has 4 rings (SSSR count). The van der Waals surface area contributed by atoms with E-state index in [4.69, 9.17) is 0 Å². The van der Waals surface area contributed by atoms with Crippen LogP contribution in [0.1, 0.15) is 38.7 Å². The van der Waals surface area contributed by atoms with Crippen molar-refractivity contribution in [3.8, 4) is 0 Å². The third-order valence-corrected chi connectivity index (χ3v) is 6.26. The second kappa shape index (κ2) is 6.87. The van der Waals surface area contributed by atoms with E-state index in [0.717, 1.165) is 24.9 Å². The Hall–Kier alpha value is -2.43. The normalized spacial score (nSPS) is 23.6. The molecule has 2 saturated heterocycles. The van der Waals surface area contributed by atoms with Crippen molar-refractivity contribution < 1.29 is 13.6 Å². The zero-order valence-electron chi connectivity index (χ0n) is 16.4. The van der Waals surface area contributed by atoms with E-state index in [1.54, 1.807) is 30.3 Å². The van der Waals surface area contributed by atoms with E-state index in [1.165, 1.54) is 12.1 Å². The number of nitrogens with zero attached hydrogens (tertiary/aromatic N) is 2. The number of likely N-dealkylation sites (tertiary alicyclic amines) is 1. The van der Waals surface area contributed by atoms with Crippen LogP contribution in [-0.4, -0.2) is 35.0 Å². The number of anilines is 1. The summed E-state index contributed by atoms with van der Waals surface area (Å²) in [4.78, 5) is 17.3. The second-order valence-corrected chi connectivity index (χ2v) is 8.70. The van der Waals surface area contributed by atoms with E-state index in [-0.39, 0.29) is 35.0 Å². The SMILES string of the molecule is CC1(C)CC2(CCCN2C(=O)Cc2ccccc2F)CN1c1cccc(F)c1. The molecule has 2 aliphatic heterocycles. The van der Waals surface area contributed by atoms with Crippen LogP contribution in [0.15, 0.2) is 48.5 Å². The highest BCUT2D eigenvalue weighted by Gasteiger charge is 2.54. The number of amides is 1. The molecule has 2 fully saturated rings. The van der Waals surface area contributed by atoms with Gasteiger partial charge in [-0.15, -0.1) is 0 Å². The van der Waals surface area contributed by atoms with Crippen molar-refractivity contribution in [1.82, 2.24) is 4.90 Å². The number of rotatable bonds is 3. The molecule has 0 aliphatic carbocycles. The molecule has 3 nitrogen and oxygen atoms in total. The van der Waals surface area contributed by atoms with E-state index in [1.807, 2.05) is 11.0 Å². The van der Waals surface area contributed by atoms with E-state index < -0.39 is 0 Å². The molecule has 148 valence electrons. The number of hydrogen-bond acceptors (Lipinski definition) is 2. The van der Waals surface area contributed by atoms with Gasteiger partial charge in [0.15, 0.2) is 0 Å². The van der Waals surface area contributed by atoms with Gasteiger partial charge in [0.05, 0.1) is 12.0 Å². The maximum Gasteiger partial charge on any atom is 0.227 e. The molecule has 0 bridgehead atoms. The highest BCUT2D eigenvalue weighted by molar-refractivity contribution is 5.80. The predicted molar refractivity (Wildman–Crippen MR) is 106 cm³/mol. The van der Waals surface area contributed by atoms with Crippen LogP contribution in [0.5, 0.6) is 0 Å². The Morgan fingerprint density at radius 3 is 2.64 bits per heavy atom. The predicted octanol–water partition coefficient (Wildman–Crippen LogP) is 4.56. The van der Waals surface area contributed by atoms with Crippen molar-refractivity contribution in [2.75, 3.05) is 18.0 Å². The van der Waals surface area contributed by atoms with Crippen molar-refractivity contribution in [3.63, 3.8) is 0 Å². The zero-order valence-corrected chi connectivity index (χ0v) is 16.4. The van der Waals surface area contributed by atoms with E-state index >= 15 is 0 Å². The van der Waals surface area contributed by atoms with E-state index in [9.17, 15) is 13.6 Å². The first kappa shape index (κ1) is 18.9. The maximum absolute atomic E-state index is 14.0. The first-order valence-corrected chi connectivity index (χ1v) is 9.88. The minimum Gasteiger partial charge on any atom is -0.364 e. The first-order valence-electron chi connectivity index (χ1n) is 9.88. The van der Waals surface area contributed by atoms with Crippen LogP contribution in [0.4, 0.5) is 14.5 Å². The maximum atomic E-state index is 14.0. The zero-order chi connectivity index (χ0) is 19.9. The van der Waals surface area contributed by atoms with Gasteiger partial charge in [0.2, 0.25) is 5.91 Å². The van der Waals surface area contributed by atoms with Crippen LogP contribution in [0.3, 0.4) is 0 Å². The van der Waals surface area contributed by atoms with Crippen LogP contribution in [0.2, 0.25) is 0 Å². The fraction of sp³-hybridized carbons (Fsp3) is 0.435. The first-order chi connectivity index (χ1) is 13.3. The number of carbonyl (C=O) groups is 1. The topological polar surface area (TPSA) is 23.6 Å². The minimum absolute atomic E-state index is 0.0282. The number of halogens is 2. The van der Waals surface area contributed by atoms with Gasteiger partial charge in [-0.1, -0.05) is 24.3 Å². The molecule has 2 heterocycles. The highest BCUT2D eigenvalue weighted by atomic mass is 19.1. The molecular formula is C23H26F2N2O. The van der Waals surface area contributed by atoms with Crippen LogP contribution in [-0.2, 0) is 11.2 Å². The Morgan fingerprint density at radius 1 is 1.11 bits per heavy atom. The molecule has 1 unspecified atom stereocenters. The van der Waals surface area contributed by atoms with Crippen molar-refractivity contribution in [2.24, 2.45) is 0 Å². The van der Waals surface area contributed by atoms with Crippen LogP contribution < -0.4 is 4.90 Å². The third kappa shape index (κ3) is 3.27. The van der Waals surface area contributed by atoms with Crippen molar-refractivity contribution in [3.05, 3.63) is 65.7 Å². The summed E-state index contributed by atoms with van der Waals surface area (Å²) >= 11 is 0. The summed E-state index contributed by atoms with van der Waals surface area (Å²) in [6, 6.07) is 13.1. The molecule has 28 heavy (non-hydrogen) atoms. The largest absolute Gasteiger partial charge is 0.364 e. The van der Waals surface area contributed by atoms with Gasteiger partial charge in [-0.3, -0.25) is 4.79 Å². The average molecular weight is 384 g/mol. The van der Waals surface area contributed by atoms with Crippen LogP contribution in [0, 0.1) is 11.6 Å². The van der Waals surface area contributed by atoms with Crippen molar-refractivity contribution >= 4 is 11.6 Å². The van der Waals surface area contributed by atoms with E-state index in [0.29, 0.717) is 18.7 Å². The van der Waals surface area contributed by atoms with Gasteiger partial charge in [-0.2, -0.15) is 0 Å². The van der Waals surface area contributed by atoms with Crippen molar-refractivity contribution in [1.29, 1.82) is 0 Å². The molecule has 0 radical (unpaired) electrons. The molecule has 2 aromatic rings. The molecule has 1 spiro atoms. The van der Waals surface area contributed by atoms with Gasteiger partial charge in [0.1, 0.15) is 11.6 Å². The Kier molecular flexibility index (Phi) is 4.64. The Bertz CT molecular complexity index is 898. The fourth-order valence-corrected chi connectivity index (χ4v) is 5.13. The summed E-state index contributed by atoms with van der Waals surface area (Å²) in [5.41, 5.74) is 0.802. The Morgan fingerprint density at radius 2 is 1.89 bits per heavy atom. The lowest BCUT2D eigenvalue weighted by Gasteiger charge is -2.35.